The maximum absolute atomic E-state index is 12.4. The topological polar surface area (TPSA) is 89.8 Å². The van der Waals surface area contributed by atoms with Crippen molar-refractivity contribution in [3.8, 4) is 0 Å². The third-order valence-corrected chi connectivity index (χ3v) is 4.95. The smallest absolute Gasteiger partial charge is 0.258 e. The fraction of sp³-hybridized carbons (Fsp3) is 0.429. The number of tetrazole rings is 1. The Kier molecular flexibility index (Phi) is 3.78. The van der Waals surface area contributed by atoms with Gasteiger partial charge in [0.15, 0.2) is 0 Å². The molecule has 1 N–H and O–H groups in total. The molecule has 7 nitrogen and oxygen atoms in total. The summed E-state index contributed by atoms with van der Waals surface area (Å²) in [5.74, 6) is 0.455. The number of nitrogens with zero attached hydrogens (tertiary/aromatic N) is 4. The van der Waals surface area contributed by atoms with Crippen molar-refractivity contribution < 1.29 is 9.00 Å². The number of aryl methyl sites for hydroxylation is 1. The molecule has 1 amide bonds. The third kappa shape index (κ3) is 2.66. The number of aromatic nitrogens is 4. The van der Waals surface area contributed by atoms with E-state index >= 15 is 0 Å². The van der Waals surface area contributed by atoms with E-state index in [0.717, 1.165) is 28.9 Å². The van der Waals surface area contributed by atoms with Crippen LogP contribution in [-0.4, -0.2) is 36.6 Å². The highest BCUT2D eigenvalue weighted by atomic mass is 32.2. The number of rotatable bonds is 4. The molecule has 1 unspecified atom stereocenters. The van der Waals surface area contributed by atoms with Gasteiger partial charge in [0.1, 0.15) is 0 Å². The lowest BCUT2D eigenvalue weighted by Gasteiger charge is -2.14. The Morgan fingerprint density at radius 2 is 2.14 bits per heavy atom. The predicted molar refractivity (Wildman–Crippen MR) is 82.2 cm³/mol. The molecule has 1 aromatic heterocycles. The maximum Gasteiger partial charge on any atom is 0.258 e. The van der Waals surface area contributed by atoms with Crippen LogP contribution in [0, 0.1) is 6.92 Å². The highest BCUT2D eigenvalue weighted by molar-refractivity contribution is 7.84. The van der Waals surface area contributed by atoms with Crippen LogP contribution in [0.4, 0.5) is 5.95 Å². The summed E-state index contributed by atoms with van der Waals surface area (Å²) < 4.78 is 13.5. The number of hydrogen-bond donors (Lipinski definition) is 1. The first-order valence-electron chi connectivity index (χ1n) is 6.99. The van der Waals surface area contributed by atoms with Gasteiger partial charge in [0.2, 0.25) is 5.95 Å². The minimum atomic E-state index is -1.13. The number of amides is 1. The van der Waals surface area contributed by atoms with Crippen molar-refractivity contribution in [1.29, 1.82) is 0 Å². The second kappa shape index (κ2) is 5.60. The summed E-state index contributed by atoms with van der Waals surface area (Å²) in [5, 5.41) is 13.6. The summed E-state index contributed by atoms with van der Waals surface area (Å²) in [6.45, 7) is 1.84. The van der Waals surface area contributed by atoms with Crippen LogP contribution in [0.1, 0.15) is 40.2 Å². The predicted octanol–water partition coefficient (Wildman–Crippen LogP) is 1.39. The van der Waals surface area contributed by atoms with Crippen molar-refractivity contribution in [3.05, 3.63) is 28.8 Å². The Hall–Kier alpha value is -2.09. The Morgan fingerprint density at radius 3 is 2.68 bits per heavy atom. The number of anilines is 1. The molecule has 1 heterocycles. The molecule has 1 saturated carbocycles. The molecular weight excluding hydrogens is 302 g/mol. The van der Waals surface area contributed by atoms with Crippen molar-refractivity contribution in [2.24, 2.45) is 7.05 Å². The lowest BCUT2D eigenvalue weighted by molar-refractivity contribution is 0.102. The number of benzene rings is 1. The molecule has 1 aliphatic rings. The van der Waals surface area contributed by atoms with Gasteiger partial charge < -0.3 is 0 Å². The molecule has 1 atom stereocenters. The molecule has 116 valence electrons. The van der Waals surface area contributed by atoms with Gasteiger partial charge >= 0.3 is 0 Å². The monoisotopic (exact) mass is 319 g/mol. The van der Waals surface area contributed by atoms with E-state index in [1.165, 1.54) is 4.68 Å². The first-order chi connectivity index (χ1) is 10.5. The van der Waals surface area contributed by atoms with E-state index in [0.29, 0.717) is 11.5 Å². The lowest BCUT2D eigenvalue weighted by atomic mass is 10.0. The average molecular weight is 319 g/mol. The third-order valence-electron chi connectivity index (χ3n) is 3.83. The fourth-order valence-corrected chi connectivity index (χ4v) is 3.67. The van der Waals surface area contributed by atoms with Gasteiger partial charge in [-0.25, -0.2) is 4.68 Å². The second-order valence-corrected chi connectivity index (χ2v) is 6.78. The lowest BCUT2D eigenvalue weighted by Crippen LogP contribution is -2.17. The van der Waals surface area contributed by atoms with E-state index in [1.54, 1.807) is 19.4 Å². The van der Waals surface area contributed by atoms with Gasteiger partial charge in [-0.15, -0.1) is 0 Å². The van der Waals surface area contributed by atoms with Crippen molar-refractivity contribution in [2.45, 2.75) is 30.6 Å². The van der Waals surface area contributed by atoms with Crippen molar-refractivity contribution in [1.82, 2.24) is 20.2 Å². The SMILES string of the molecule is Cc1c(C(=O)Nc2nnnn2C)ccc(C2CC2)c1S(C)=O. The van der Waals surface area contributed by atoms with Gasteiger partial charge in [-0.2, -0.15) is 0 Å². The number of carbonyl (C=O) groups excluding carboxylic acids is 1. The number of hydrogen-bond acceptors (Lipinski definition) is 5. The van der Waals surface area contributed by atoms with Crippen molar-refractivity contribution >= 4 is 22.7 Å². The van der Waals surface area contributed by atoms with Gasteiger partial charge in [-0.1, -0.05) is 11.2 Å². The summed E-state index contributed by atoms with van der Waals surface area (Å²) in [6, 6.07) is 3.71. The van der Waals surface area contributed by atoms with E-state index in [9.17, 15) is 9.00 Å². The summed E-state index contributed by atoms with van der Waals surface area (Å²) in [7, 11) is 0.516. The molecule has 3 rings (SSSR count). The standard InChI is InChI=1S/C14H17N5O2S/c1-8-10(13(20)15-14-16-17-18-19(14)2)6-7-11(9-4-5-9)12(8)22(3)21/h6-7,9H,4-5H2,1-3H3,(H,15,16,18,20). The van der Waals surface area contributed by atoms with Crippen LogP contribution in [0.3, 0.4) is 0 Å². The first-order valence-corrected chi connectivity index (χ1v) is 8.55. The molecule has 22 heavy (non-hydrogen) atoms. The highest BCUT2D eigenvalue weighted by Gasteiger charge is 2.29. The minimum Gasteiger partial charge on any atom is -0.289 e. The average Bonchev–Trinajstić information content (AvgIpc) is 3.23. The molecule has 1 aromatic carbocycles. The minimum absolute atomic E-state index is 0.273. The van der Waals surface area contributed by atoms with E-state index < -0.39 is 10.8 Å². The quantitative estimate of drug-likeness (QED) is 0.919. The van der Waals surface area contributed by atoms with Gasteiger partial charge in [-0.05, 0) is 53.3 Å². The maximum atomic E-state index is 12.4. The van der Waals surface area contributed by atoms with Gasteiger partial charge in [0.25, 0.3) is 5.91 Å². The largest absolute Gasteiger partial charge is 0.289 e. The second-order valence-electron chi connectivity index (χ2n) is 5.47. The zero-order valence-corrected chi connectivity index (χ0v) is 13.5. The van der Waals surface area contributed by atoms with Crippen molar-refractivity contribution in [2.75, 3.05) is 11.6 Å². The van der Waals surface area contributed by atoms with Gasteiger partial charge in [0, 0.05) is 23.8 Å². The van der Waals surface area contributed by atoms with E-state index in [2.05, 4.69) is 20.8 Å². The Labute approximate surface area is 130 Å². The summed E-state index contributed by atoms with van der Waals surface area (Å²) in [4.78, 5) is 13.2. The normalized spacial score (nSPS) is 15.6. The summed E-state index contributed by atoms with van der Waals surface area (Å²) in [5.41, 5.74) is 2.37. The molecule has 0 aliphatic heterocycles. The van der Waals surface area contributed by atoms with E-state index in [-0.39, 0.29) is 11.9 Å². The Morgan fingerprint density at radius 1 is 1.41 bits per heavy atom. The van der Waals surface area contributed by atoms with Crippen LogP contribution in [-0.2, 0) is 17.8 Å². The summed E-state index contributed by atoms with van der Waals surface area (Å²) in [6.07, 6.45) is 3.90. The molecule has 0 saturated heterocycles. The first kappa shape index (κ1) is 14.8. The van der Waals surface area contributed by atoms with E-state index in [1.807, 2.05) is 13.0 Å². The van der Waals surface area contributed by atoms with Crippen LogP contribution in [0.15, 0.2) is 17.0 Å². The molecule has 0 radical (unpaired) electrons. The van der Waals surface area contributed by atoms with Crippen LogP contribution in [0.25, 0.3) is 0 Å². The highest BCUT2D eigenvalue weighted by Crippen LogP contribution is 2.43. The molecular formula is C14H17N5O2S. The molecule has 0 bridgehead atoms. The van der Waals surface area contributed by atoms with Crippen molar-refractivity contribution in [3.63, 3.8) is 0 Å². The number of carbonyl (C=O) groups is 1. The van der Waals surface area contributed by atoms with Crippen LogP contribution >= 0.6 is 0 Å². The zero-order chi connectivity index (χ0) is 15.9. The van der Waals surface area contributed by atoms with E-state index in [4.69, 9.17) is 0 Å². The Balaban J connectivity index is 1.97. The van der Waals surface area contributed by atoms with Crippen LogP contribution < -0.4 is 5.32 Å². The molecule has 0 spiro atoms. The molecule has 1 fully saturated rings. The molecule has 2 aromatic rings. The molecule has 1 aliphatic carbocycles. The Bertz CT molecular complexity index is 767. The fourth-order valence-electron chi connectivity index (χ4n) is 2.56. The van der Waals surface area contributed by atoms with Crippen LogP contribution in [0.2, 0.25) is 0 Å². The molecule has 8 heteroatoms. The van der Waals surface area contributed by atoms with Gasteiger partial charge in [-0.3, -0.25) is 14.3 Å². The zero-order valence-electron chi connectivity index (χ0n) is 12.7. The van der Waals surface area contributed by atoms with Gasteiger partial charge in [0.05, 0.1) is 10.8 Å². The summed E-state index contributed by atoms with van der Waals surface area (Å²) >= 11 is 0. The number of nitrogens with one attached hydrogen (secondary N) is 1. The van der Waals surface area contributed by atoms with Crippen LogP contribution in [0.5, 0.6) is 0 Å².